The molecule has 3 heteroatoms. The molecule has 0 fully saturated rings. The molecular weight excluding hydrogens is 583 g/mol. The Morgan fingerprint density at radius 3 is 1.74 bits per heavy atom. The van der Waals surface area contributed by atoms with Crippen LogP contribution in [0, 0.1) is 23.5 Å². The van der Waals surface area contributed by atoms with Crippen LogP contribution in [0.5, 0.6) is 0 Å². The summed E-state index contributed by atoms with van der Waals surface area (Å²) >= 11 is 1.55. The Bertz CT molecular complexity index is 1100. The van der Waals surface area contributed by atoms with Gasteiger partial charge in [0.05, 0.1) is 0 Å². The van der Waals surface area contributed by atoms with Crippen LogP contribution in [0.3, 0.4) is 0 Å². The van der Waals surface area contributed by atoms with Crippen molar-refractivity contribution in [1.82, 2.24) is 0 Å². The third-order valence-corrected chi connectivity index (χ3v) is 6.54. The summed E-state index contributed by atoms with van der Waals surface area (Å²) in [5, 5.41) is 0. The molecule has 0 aliphatic heterocycles. The molecule has 208 valence electrons. The van der Waals surface area contributed by atoms with Crippen LogP contribution in [-0.4, -0.2) is 3.21 Å². The van der Waals surface area contributed by atoms with Crippen molar-refractivity contribution >= 4 is 3.21 Å². The summed E-state index contributed by atoms with van der Waals surface area (Å²) in [7, 11) is 0. The van der Waals surface area contributed by atoms with Crippen molar-refractivity contribution in [2.24, 2.45) is 11.3 Å². The van der Waals surface area contributed by atoms with Crippen LogP contribution in [0.1, 0.15) is 112 Å². The van der Waals surface area contributed by atoms with Gasteiger partial charge in [0.2, 0.25) is 0 Å². The van der Waals surface area contributed by atoms with Crippen molar-refractivity contribution in [3.63, 3.8) is 0 Å². The molecule has 0 spiro atoms. The van der Waals surface area contributed by atoms with Crippen LogP contribution in [0.4, 0.5) is 0 Å². The van der Waals surface area contributed by atoms with E-state index in [1.54, 1.807) is 24.2 Å². The van der Waals surface area contributed by atoms with Gasteiger partial charge in [0, 0.05) is 0 Å². The second-order valence-corrected chi connectivity index (χ2v) is 16.2. The van der Waals surface area contributed by atoms with E-state index in [0.29, 0.717) is 11.3 Å². The fourth-order valence-electron chi connectivity index (χ4n) is 4.68. The Balaban J connectivity index is 0.000000684. The number of allylic oxidation sites excluding steroid dienone is 4. The summed E-state index contributed by atoms with van der Waals surface area (Å²) < 4.78 is 1.51. The summed E-state index contributed by atoms with van der Waals surface area (Å²) in [6.45, 7) is 28.9. The molecular formula is C35H48Cl2Zr-2. The number of benzene rings is 2. The first-order valence-electron chi connectivity index (χ1n) is 13.3. The Hall–Kier alpha value is -0.747. The molecule has 0 heterocycles. The summed E-state index contributed by atoms with van der Waals surface area (Å²) in [5.74, 6) is 0.518. The van der Waals surface area contributed by atoms with Gasteiger partial charge in [0.25, 0.3) is 0 Å². The van der Waals surface area contributed by atoms with Gasteiger partial charge in [-0.1, -0.05) is 111 Å². The molecule has 0 nitrogen and oxygen atoms in total. The van der Waals surface area contributed by atoms with Gasteiger partial charge in [-0.15, -0.1) is 11.1 Å². The largest absolute Gasteiger partial charge is 1.00 e. The minimum Gasteiger partial charge on any atom is -1.00 e. The molecule has 0 saturated heterocycles. The molecule has 1 atom stereocenters. The molecule has 0 amide bonds. The molecule has 0 aromatic heterocycles. The zero-order valence-corrected chi connectivity index (χ0v) is 30.0. The predicted molar refractivity (Wildman–Crippen MR) is 156 cm³/mol. The zero-order chi connectivity index (χ0) is 27.6. The maximum absolute atomic E-state index is 3.67. The third kappa shape index (κ3) is 10.3. The van der Waals surface area contributed by atoms with Crippen molar-refractivity contribution in [1.29, 1.82) is 0 Å². The first kappa shape index (κ1) is 37.3. The van der Waals surface area contributed by atoms with Gasteiger partial charge in [-0.25, -0.2) is 5.57 Å². The minimum absolute atomic E-state index is 0. The summed E-state index contributed by atoms with van der Waals surface area (Å²) in [6.07, 6.45) is 6.74. The monoisotopic (exact) mass is 628 g/mol. The number of halogens is 2. The van der Waals surface area contributed by atoms with Crippen molar-refractivity contribution in [3.8, 4) is 11.1 Å². The molecule has 2 aliphatic carbocycles. The van der Waals surface area contributed by atoms with Crippen LogP contribution in [-0.2, 0) is 41.5 Å². The van der Waals surface area contributed by atoms with E-state index in [9.17, 15) is 0 Å². The Morgan fingerprint density at radius 1 is 0.816 bits per heavy atom. The van der Waals surface area contributed by atoms with E-state index in [0.717, 1.165) is 6.42 Å². The topological polar surface area (TPSA) is 0 Å². The van der Waals surface area contributed by atoms with E-state index in [1.807, 2.05) is 0 Å². The molecule has 4 rings (SSSR count). The molecule has 38 heavy (non-hydrogen) atoms. The molecule has 0 radical (unpaired) electrons. The van der Waals surface area contributed by atoms with Gasteiger partial charge in [0.1, 0.15) is 0 Å². The second-order valence-electron chi connectivity index (χ2n) is 13.7. The standard InChI is InChI=1S/C21H25.C11H17.C3H6.2ClH.Zr/c1-20(2,3)16-7-9-18-14(12-16)11-15-13-17(21(4,5)6)8-10-19(15)18;1-8-6-9(2)10(7-8)11(3,4)5;1-3-2;;;/h7-10,12H,11H2,1-6H3;7-8H,1-5H3;1-2H3;2*1H;/q2*-1;;;;+2/p-2. The van der Waals surface area contributed by atoms with E-state index in [4.69, 9.17) is 0 Å². The van der Waals surface area contributed by atoms with Crippen LogP contribution < -0.4 is 24.8 Å². The number of fused-ring (bicyclic) bond motifs is 3. The van der Waals surface area contributed by atoms with Crippen LogP contribution >= 0.6 is 0 Å². The van der Waals surface area contributed by atoms with Gasteiger partial charge < -0.3 is 24.8 Å². The molecule has 2 aromatic carbocycles. The van der Waals surface area contributed by atoms with Gasteiger partial charge in [-0.05, 0) is 28.4 Å². The minimum atomic E-state index is 0. The van der Waals surface area contributed by atoms with Crippen LogP contribution in [0.2, 0.25) is 0 Å². The van der Waals surface area contributed by atoms with Crippen LogP contribution in [0.15, 0.2) is 47.6 Å². The van der Waals surface area contributed by atoms with E-state index in [2.05, 4.69) is 139 Å². The quantitative estimate of drug-likeness (QED) is 0.332. The van der Waals surface area contributed by atoms with Crippen LogP contribution in [0.25, 0.3) is 11.1 Å². The maximum Gasteiger partial charge on any atom is -1.00 e. The van der Waals surface area contributed by atoms with Crippen molar-refractivity contribution in [2.75, 3.05) is 0 Å². The normalized spacial score (nSPS) is 15.7. The van der Waals surface area contributed by atoms with E-state index < -0.39 is 0 Å². The van der Waals surface area contributed by atoms with Gasteiger partial charge in [-0.3, -0.25) is 6.08 Å². The fraction of sp³-hybridized carbons (Fsp3) is 0.514. The molecule has 0 N–H and O–H groups in total. The van der Waals surface area contributed by atoms with E-state index >= 15 is 0 Å². The van der Waals surface area contributed by atoms with Gasteiger partial charge in [-0.2, -0.15) is 35.4 Å². The van der Waals surface area contributed by atoms with Crippen molar-refractivity contribution < 1.29 is 49.0 Å². The molecule has 2 aromatic rings. The van der Waals surface area contributed by atoms with E-state index in [1.165, 1.54) is 47.7 Å². The summed E-state index contributed by atoms with van der Waals surface area (Å²) in [5.41, 5.74) is 11.8. The van der Waals surface area contributed by atoms with Gasteiger partial charge >= 0.3 is 41.3 Å². The smallest absolute Gasteiger partial charge is 1.00 e. The molecule has 0 bridgehead atoms. The molecule has 0 saturated carbocycles. The Morgan fingerprint density at radius 2 is 1.34 bits per heavy atom. The zero-order valence-electron chi connectivity index (χ0n) is 26.0. The summed E-state index contributed by atoms with van der Waals surface area (Å²) in [4.78, 5) is 0. The number of hydrogen-bond donors (Lipinski definition) is 0. The predicted octanol–water partition coefficient (Wildman–Crippen LogP) is 3.76. The first-order valence-corrected chi connectivity index (χ1v) is 14.6. The SMILES string of the molecule is CC(C)(C)c1[c-]c2c(cc1)-c1ccc(C(C)(C)C)cc1C2.CC1=[C-]C(C)C=C1C(C)(C)C.C[C](C)=[Zr+2].[Cl-].[Cl-]. The molecule has 1 unspecified atom stereocenters. The molecule has 2 aliphatic rings. The number of hydrogen-bond acceptors (Lipinski definition) is 0. The summed E-state index contributed by atoms with van der Waals surface area (Å²) in [6, 6.07) is 15.2. The number of rotatable bonds is 0. The fourth-order valence-corrected chi connectivity index (χ4v) is 4.68. The van der Waals surface area contributed by atoms with Crippen molar-refractivity contribution in [3.05, 3.63) is 82.0 Å². The second kappa shape index (κ2) is 14.2. The van der Waals surface area contributed by atoms with Gasteiger partial charge in [0.15, 0.2) is 0 Å². The first-order chi connectivity index (χ1) is 16.3. The van der Waals surface area contributed by atoms with Crippen molar-refractivity contribution in [2.45, 2.75) is 107 Å². The third-order valence-electron chi connectivity index (χ3n) is 6.54. The average molecular weight is 631 g/mol. The Kier molecular flexibility index (Phi) is 14.0. The Labute approximate surface area is 262 Å². The maximum atomic E-state index is 3.67. The average Bonchev–Trinajstić information content (AvgIpc) is 3.24. The van der Waals surface area contributed by atoms with E-state index in [-0.39, 0.29) is 35.6 Å².